The largest absolute Gasteiger partial charge is 0.504 e. The van der Waals surface area contributed by atoms with E-state index in [1.807, 2.05) is 6.92 Å². The van der Waals surface area contributed by atoms with Gasteiger partial charge in [0, 0.05) is 6.54 Å². The minimum Gasteiger partial charge on any atom is -0.504 e. The molecule has 0 bridgehead atoms. The van der Waals surface area contributed by atoms with Crippen LogP contribution in [0.4, 0.5) is 0 Å². The Kier molecular flexibility index (Phi) is 7.42. The number of ether oxygens (including phenoxy) is 1. The van der Waals surface area contributed by atoms with Gasteiger partial charge in [0.1, 0.15) is 0 Å². The zero-order valence-electron chi connectivity index (χ0n) is 11.8. The summed E-state index contributed by atoms with van der Waals surface area (Å²) >= 11 is 5.07. The first-order valence-corrected chi connectivity index (χ1v) is 7.11. The number of hydrogen-bond donors (Lipinski definition) is 3. The molecule has 1 aromatic rings. The normalized spacial score (nSPS) is 10.5. The lowest BCUT2D eigenvalue weighted by Gasteiger charge is -2.07. The van der Waals surface area contributed by atoms with Crippen molar-refractivity contribution in [3.8, 4) is 11.5 Å². The predicted octanol–water partition coefficient (Wildman–Crippen LogP) is 2.39. The molecule has 0 amide bonds. The zero-order chi connectivity index (χ0) is 14.8. The molecule has 0 atom stereocenters. The van der Waals surface area contributed by atoms with Crippen molar-refractivity contribution < 1.29 is 9.84 Å². The Hall–Kier alpha value is -1.82. The first kappa shape index (κ1) is 16.2. The molecule has 110 valence electrons. The zero-order valence-corrected chi connectivity index (χ0v) is 12.7. The molecule has 0 aliphatic carbocycles. The maximum Gasteiger partial charge on any atom is 0.186 e. The Morgan fingerprint density at radius 2 is 2.25 bits per heavy atom. The molecular formula is C14H21N3O2S. The summed E-state index contributed by atoms with van der Waals surface area (Å²) in [5.41, 5.74) is 3.56. The van der Waals surface area contributed by atoms with Crippen LogP contribution in [0.5, 0.6) is 11.5 Å². The molecule has 0 spiro atoms. The summed E-state index contributed by atoms with van der Waals surface area (Å²) in [6.45, 7) is 5.32. The highest BCUT2D eigenvalue weighted by Gasteiger charge is 2.01. The number of benzene rings is 1. The fraction of sp³-hybridized carbons (Fsp3) is 0.429. The number of nitrogens with one attached hydrogen (secondary N) is 2. The number of nitrogens with zero attached hydrogens (tertiary/aromatic N) is 1. The minimum atomic E-state index is 0.119. The van der Waals surface area contributed by atoms with Crippen LogP contribution < -0.4 is 15.5 Å². The molecule has 0 unspecified atom stereocenters. The summed E-state index contributed by atoms with van der Waals surface area (Å²) in [5, 5.41) is 17.2. The monoisotopic (exact) mass is 295 g/mol. The van der Waals surface area contributed by atoms with E-state index in [1.165, 1.54) is 0 Å². The van der Waals surface area contributed by atoms with Crippen molar-refractivity contribution in [2.24, 2.45) is 5.10 Å². The second-order valence-corrected chi connectivity index (χ2v) is 4.55. The highest BCUT2D eigenvalue weighted by atomic mass is 32.1. The number of hydrazone groups is 1. The Labute approximate surface area is 125 Å². The first-order chi connectivity index (χ1) is 9.67. The van der Waals surface area contributed by atoms with E-state index in [4.69, 9.17) is 17.0 Å². The molecule has 1 aromatic carbocycles. The van der Waals surface area contributed by atoms with Crippen LogP contribution in [-0.2, 0) is 0 Å². The van der Waals surface area contributed by atoms with Crippen molar-refractivity contribution in [2.45, 2.75) is 26.7 Å². The molecule has 3 N–H and O–H groups in total. The maximum atomic E-state index is 9.58. The average Bonchev–Trinajstić information content (AvgIpc) is 2.43. The summed E-state index contributed by atoms with van der Waals surface area (Å²) in [4.78, 5) is 0. The highest BCUT2D eigenvalue weighted by molar-refractivity contribution is 7.80. The van der Waals surface area contributed by atoms with Crippen LogP contribution >= 0.6 is 12.2 Å². The number of rotatable bonds is 7. The lowest BCUT2D eigenvalue weighted by Crippen LogP contribution is -2.32. The van der Waals surface area contributed by atoms with Crippen LogP contribution in [0.3, 0.4) is 0 Å². The van der Waals surface area contributed by atoms with E-state index in [0.29, 0.717) is 17.5 Å². The quantitative estimate of drug-likeness (QED) is 0.312. The van der Waals surface area contributed by atoms with Crippen LogP contribution in [0.2, 0.25) is 0 Å². The topological polar surface area (TPSA) is 65.9 Å². The van der Waals surface area contributed by atoms with E-state index in [9.17, 15) is 5.11 Å². The summed E-state index contributed by atoms with van der Waals surface area (Å²) in [6, 6.07) is 5.04. The van der Waals surface area contributed by atoms with Crippen molar-refractivity contribution in [3.05, 3.63) is 23.8 Å². The summed E-state index contributed by atoms with van der Waals surface area (Å²) in [5.74, 6) is 0.564. The van der Waals surface area contributed by atoms with E-state index in [0.717, 1.165) is 24.9 Å². The number of phenols is 1. The highest BCUT2D eigenvalue weighted by Crippen LogP contribution is 2.25. The molecule has 5 nitrogen and oxygen atoms in total. The van der Waals surface area contributed by atoms with Gasteiger partial charge in [-0.2, -0.15) is 5.10 Å². The molecule has 0 aliphatic heterocycles. The van der Waals surface area contributed by atoms with Crippen molar-refractivity contribution in [2.75, 3.05) is 13.2 Å². The van der Waals surface area contributed by atoms with Crippen molar-refractivity contribution in [1.82, 2.24) is 10.7 Å². The van der Waals surface area contributed by atoms with Crippen molar-refractivity contribution in [1.29, 1.82) is 0 Å². The van der Waals surface area contributed by atoms with Gasteiger partial charge in [0.15, 0.2) is 16.6 Å². The van der Waals surface area contributed by atoms with E-state index in [1.54, 1.807) is 24.4 Å². The average molecular weight is 295 g/mol. The Balaban J connectivity index is 2.49. The molecule has 0 aliphatic rings. The fourth-order valence-electron chi connectivity index (χ4n) is 1.47. The van der Waals surface area contributed by atoms with Gasteiger partial charge in [0.05, 0.1) is 12.8 Å². The standard InChI is InChI=1S/C14H21N3O2S/c1-3-5-8-15-14(20)17-16-10-11-6-7-12(18)13(9-11)19-4-2/h6-7,9-10,18H,3-5,8H2,1-2H3,(H2,15,17,20)/b16-10+. The van der Waals surface area contributed by atoms with Gasteiger partial charge in [-0.3, -0.25) is 5.43 Å². The second-order valence-electron chi connectivity index (χ2n) is 4.14. The van der Waals surface area contributed by atoms with Crippen LogP contribution in [0.1, 0.15) is 32.3 Å². The van der Waals surface area contributed by atoms with Crippen LogP contribution in [0, 0.1) is 0 Å². The van der Waals surface area contributed by atoms with Gasteiger partial charge < -0.3 is 15.2 Å². The molecule has 0 fully saturated rings. The molecule has 0 radical (unpaired) electrons. The molecule has 1 rings (SSSR count). The molecule has 0 saturated heterocycles. The fourth-order valence-corrected chi connectivity index (χ4v) is 1.62. The van der Waals surface area contributed by atoms with Gasteiger partial charge >= 0.3 is 0 Å². The predicted molar refractivity (Wildman–Crippen MR) is 85.5 cm³/mol. The SMILES string of the molecule is CCCCNC(=S)N/N=C/c1ccc(O)c(OCC)c1. The molecule has 20 heavy (non-hydrogen) atoms. The van der Waals surface area contributed by atoms with Crippen LogP contribution in [0.15, 0.2) is 23.3 Å². The van der Waals surface area contributed by atoms with E-state index >= 15 is 0 Å². The first-order valence-electron chi connectivity index (χ1n) is 6.70. The number of phenolic OH excluding ortho intramolecular Hbond substituents is 1. The lowest BCUT2D eigenvalue weighted by atomic mass is 10.2. The Bertz CT molecular complexity index is 464. The van der Waals surface area contributed by atoms with Gasteiger partial charge in [0.25, 0.3) is 0 Å². The van der Waals surface area contributed by atoms with E-state index < -0.39 is 0 Å². The van der Waals surface area contributed by atoms with Crippen molar-refractivity contribution in [3.63, 3.8) is 0 Å². The molecule has 0 aromatic heterocycles. The van der Waals surface area contributed by atoms with Gasteiger partial charge in [-0.15, -0.1) is 0 Å². The van der Waals surface area contributed by atoms with Gasteiger partial charge in [0.2, 0.25) is 0 Å². The number of hydrogen-bond acceptors (Lipinski definition) is 4. The number of unbranched alkanes of at least 4 members (excludes halogenated alkanes) is 1. The summed E-state index contributed by atoms with van der Waals surface area (Å²) in [7, 11) is 0. The minimum absolute atomic E-state index is 0.119. The molecule has 0 saturated carbocycles. The summed E-state index contributed by atoms with van der Waals surface area (Å²) < 4.78 is 5.30. The number of thiocarbonyl (C=S) groups is 1. The lowest BCUT2D eigenvalue weighted by molar-refractivity contribution is 0.318. The third-order valence-electron chi connectivity index (χ3n) is 2.48. The van der Waals surface area contributed by atoms with Gasteiger partial charge in [-0.25, -0.2) is 0 Å². The van der Waals surface area contributed by atoms with Crippen LogP contribution in [0.25, 0.3) is 0 Å². The van der Waals surface area contributed by atoms with Crippen molar-refractivity contribution >= 4 is 23.5 Å². The summed E-state index contributed by atoms with van der Waals surface area (Å²) in [6.07, 6.45) is 3.81. The Morgan fingerprint density at radius 3 is 2.95 bits per heavy atom. The second kappa shape index (κ2) is 9.14. The third kappa shape index (κ3) is 5.88. The third-order valence-corrected chi connectivity index (χ3v) is 2.71. The Morgan fingerprint density at radius 1 is 1.45 bits per heavy atom. The van der Waals surface area contributed by atoms with Gasteiger partial charge in [-0.1, -0.05) is 13.3 Å². The van der Waals surface area contributed by atoms with E-state index in [2.05, 4.69) is 22.8 Å². The molecular weight excluding hydrogens is 274 g/mol. The molecule has 6 heteroatoms. The number of aromatic hydroxyl groups is 1. The van der Waals surface area contributed by atoms with Crippen LogP contribution in [-0.4, -0.2) is 29.6 Å². The smallest absolute Gasteiger partial charge is 0.186 e. The van der Waals surface area contributed by atoms with Gasteiger partial charge in [-0.05, 0) is 49.3 Å². The van der Waals surface area contributed by atoms with E-state index in [-0.39, 0.29) is 5.75 Å². The molecule has 0 heterocycles. The maximum absolute atomic E-state index is 9.58.